The predicted molar refractivity (Wildman–Crippen MR) is 69.4 cm³/mol. The number of nitrogens with zero attached hydrogens (tertiary/aromatic N) is 3. The quantitative estimate of drug-likeness (QED) is 0.689. The lowest BCUT2D eigenvalue weighted by Gasteiger charge is -2.04. The number of rotatable bonds is 5. The second kappa shape index (κ2) is 4.59. The van der Waals surface area contributed by atoms with E-state index in [4.69, 9.17) is 5.73 Å². The lowest BCUT2D eigenvalue weighted by molar-refractivity contribution is 0.100. The first kappa shape index (κ1) is 12.1. The zero-order valence-corrected chi connectivity index (χ0v) is 10.7. The van der Waals surface area contributed by atoms with Gasteiger partial charge in [-0.15, -0.1) is 5.10 Å². The van der Waals surface area contributed by atoms with Crippen molar-refractivity contribution in [2.75, 3.05) is 4.72 Å². The molecule has 9 heteroatoms. The fourth-order valence-corrected chi connectivity index (χ4v) is 2.57. The summed E-state index contributed by atoms with van der Waals surface area (Å²) in [6.07, 6.45) is 5.18. The largest absolute Gasteiger partial charge is 0.365 e. The molecule has 1 amide bonds. The molecule has 1 aliphatic rings. The maximum absolute atomic E-state index is 11.8. The van der Waals surface area contributed by atoms with Crippen molar-refractivity contribution in [3.63, 3.8) is 0 Å². The number of hydrogen-bond donors (Lipinski definition) is 3. The van der Waals surface area contributed by atoms with Crippen LogP contribution in [-0.2, 0) is 11.2 Å². The minimum Gasteiger partial charge on any atom is -0.365 e. The highest BCUT2D eigenvalue weighted by Crippen LogP contribution is 2.21. The van der Waals surface area contributed by atoms with Gasteiger partial charge < -0.3 is 5.73 Å². The normalized spacial score (nSPS) is 16.4. The Morgan fingerprint density at radius 3 is 3.00 bits per heavy atom. The number of fused-ring (bicyclic) bond motifs is 1. The van der Waals surface area contributed by atoms with Gasteiger partial charge >= 0.3 is 0 Å². The van der Waals surface area contributed by atoms with Crippen molar-refractivity contribution in [1.29, 1.82) is 0 Å². The molecule has 1 atom stereocenters. The number of nitrogens with one attached hydrogen (secondary N) is 2. The molecule has 0 spiro atoms. The summed E-state index contributed by atoms with van der Waals surface area (Å²) in [6, 6.07) is 1.94. The van der Waals surface area contributed by atoms with Crippen molar-refractivity contribution < 1.29 is 9.00 Å². The van der Waals surface area contributed by atoms with Gasteiger partial charge in [-0.3, -0.25) is 9.52 Å². The molecule has 100 valence electrons. The van der Waals surface area contributed by atoms with Gasteiger partial charge in [-0.05, 0) is 18.9 Å². The van der Waals surface area contributed by atoms with Crippen LogP contribution in [0.3, 0.4) is 0 Å². The maximum atomic E-state index is 11.8. The van der Waals surface area contributed by atoms with Gasteiger partial charge in [0.2, 0.25) is 0 Å². The van der Waals surface area contributed by atoms with Gasteiger partial charge in [-0.1, -0.05) is 0 Å². The van der Waals surface area contributed by atoms with E-state index in [1.165, 1.54) is 10.7 Å². The highest BCUT2D eigenvalue weighted by Gasteiger charge is 2.25. The Kier molecular flexibility index (Phi) is 2.91. The smallest absolute Gasteiger partial charge is 0.256 e. The van der Waals surface area contributed by atoms with Gasteiger partial charge in [0.15, 0.2) is 22.6 Å². The Balaban J connectivity index is 1.94. The Hall–Kier alpha value is -2.00. The fourth-order valence-electron chi connectivity index (χ4n) is 1.65. The Morgan fingerprint density at radius 1 is 1.53 bits per heavy atom. The van der Waals surface area contributed by atoms with Crippen LogP contribution in [0.5, 0.6) is 0 Å². The molecule has 0 saturated heterocycles. The van der Waals surface area contributed by atoms with Gasteiger partial charge in [-0.25, -0.2) is 18.4 Å². The predicted octanol–water partition coefficient (Wildman–Crippen LogP) is -0.429. The average Bonchev–Trinajstić information content (AvgIpc) is 3.08. The number of nitrogens with two attached hydrogens (primary N) is 1. The first-order valence-electron chi connectivity index (χ1n) is 5.73. The average molecular weight is 280 g/mol. The van der Waals surface area contributed by atoms with Crippen LogP contribution in [0.4, 0.5) is 5.82 Å². The summed E-state index contributed by atoms with van der Waals surface area (Å²) < 4.78 is 18.7. The van der Waals surface area contributed by atoms with E-state index in [9.17, 15) is 9.00 Å². The highest BCUT2D eigenvalue weighted by molar-refractivity contribution is 7.84. The molecule has 0 bridgehead atoms. The molecule has 0 aromatic carbocycles. The summed E-state index contributed by atoms with van der Waals surface area (Å²) in [5.74, 6) is -0.502. The SMILES string of the molecule is NC(=O)c1c(NS(=O)NC2CC2)nn2cccnc12. The third-order valence-corrected chi connectivity index (χ3v) is 3.61. The topological polar surface area (TPSA) is 114 Å². The van der Waals surface area contributed by atoms with Crippen LogP contribution in [0.15, 0.2) is 18.5 Å². The molecule has 2 aromatic rings. The molecule has 0 radical (unpaired) electrons. The monoisotopic (exact) mass is 280 g/mol. The van der Waals surface area contributed by atoms with Crippen LogP contribution >= 0.6 is 0 Å². The summed E-state index contributed by atoms with van der Waals surface area (Å²) in [4.78, 5) is 15.5. The third kappa shape index (κ3) is 2.42. The molecule has 2 heterocycles. The van der Waals surface area contributed by atoms with Crippen molar-refractivity contribution in [3.8, 4) is 0 Å². The molecule has 1 saturated carbocycles. The van der Waals surface area contributed by atoms with Crippen LogP contribution < -0.4 is 15.2 Å². The lowest BCUT2D eigenvalue weighted by Crippen LogP contribution is -2.26. The number of primary amides is 1. The van der Waals surface area contributed by atoms with E-state index in [2.05, 4.69) is 19.5 Å². The molecular weight excluding hydrogens is 268 g/mol. The molecule has 8 nitrogen and oxygen atoms in total. The molecule has 3 rings (SSSR count). The Bertz CT molecular complexity index is 665. The maximum Gasteiger partial charge on any atom is 0.256 e. The fraction of sp³-hybridized carbons (Fsp3) is 0.300. The van der Waals surface area contributed by atoms with Crippen LogP contribution in [0, 0.1) is 0 Å². The van der Waals surface area contributed by atoms with E-state index in [0.29, 0.717) is 5.65 Å². The second-order valence-corrected chi connectivity index (χ2v) is 5.22. The number of carbonyl (C=O) groups excluding carboxylic acids is 1. The molecule has 1 fully saturated rings. The van der Waals surface area contributed by atoms with Crippen LogP contribution in [0.25, 0.3) is 5.65 Å². The number of hydrogen-bond acceptors (Lipinski definition) is 4. The summed E-state index contributed by atoms with van der Waals surface area (Å²) in [6.45, 7) is 0. The zero-order chi connectivity index (χ0) is 13.4. The van der Waals surface area contributed by atoms with Gasteiger partial charge in [-0.2, -0.15) is 0 Å². The van der Waals surface area contributed by atoms with Crippen molar-refractivity contribution in [3.05, 3.63) is 24.0 Å². The van der Waals surface area contributed by atoms with E-state index in [1.807, 2.05) is 0 Å². The van der Waals surface area contributed by atoms with Crippen LogP contribution in [0.1, 0.15) is 23.2 Å². The first-order chi connectivity index (χ1) is 9.15. The summed E-state index contributed by atoms with van der Waals surface area (Å²) >= 11 is -1.50. The number of aromatic nitrogens is 3. The van der Waals surface area contributed by atoms with Crippen molar-refractivity contribution in [1.82, 2.24) is 19.3 Å². The van der Waals surface area contributed by atoms with E-state index < -0.39 is 17.1 Å². The van der Waals surface area contributed by atoms with Crippen molar-refractivity contribution >= 4 is 28.5 Å². The summed E-state index contributed by atoms with van der Waals surface area (Å²) in [5, 5.41) is 4.11. The van der Waals surface area contributed by atoms with Gasteiger partial charge in [0.1, 0.15) is 5.56 Å². The minimum atomic E-state index is -1.50. The van der Waals surface area contributed by atoms with Crippen molar-refractivity contribution in [2.45, 2.75) is 18.9 Å². The third-order valence-electron chi connectivity index (χ3n) is 2.68. The highest BCUT2D eigenvalue weighted by atomic mass is 32.2. The van der Waals surface area contributed by atoms with Gasteiger partial charge in [0, 0.05) is 18.4 Å². The second-order valence-electron chi connectivity index (χ2n) is 4.24. The van der Waals surface area contributed by atoms with Crippen molar-refractivity contribution in [2.24, 2.45) is 5.73 Å². The van der Waals surface area contributed by atoms with E-state index >= 15 is 0 Å². The van der Waals surface area contributed by atoms with E-state index in [1.54, 1.807) is 12.3 Å². The summed E-state index contributed by atoms with van der Waals surface area (Å²) in [5.41, 5.74) is 5.79. The lowest BCUT2D eigenvalue weighted by atomic mass is 10.3. The van der Waals surface area contributed by atoms with Crippen LogP contribution in [0.2, 0.25) is 0 Å². The Morgan fingerprint density at radius 2 is 2.32 bits per heavy atom. The first-order valence-corrected chi connectivity index (χ1v) is 6.88. The number of amides is 1. The molecule has 0 aliphatic heterocycles. The van der Waals surface area contributed by atoms with Gasteiger partial charge in [0.25, 0.3) is 5.91 Å². The van der Waals surface area contributed by atoms with Gasteiger partial charge in [0.05, 0.1) is 0 Å². The zero-order valence-electron chi connectivity index (χ0n) is 9.87. The standard InChI is InChI=1S/C10H12N6O2S/c11-8(17)7-9(15-19(18)14-6-2-3-6)13-16-5-1-4-12-10(7)16/h1,4-6,14H,2-3H2,(H2,11,17)(H,13,15). The number of carbonyl (C=O) groups is 1. The molecule has 1 unspecified atom stereocenters. The Labute approximate surface area is 111 Å². The number of anilines is 1. The van der Waals surface area contributed by atoms with Crippen LogP contribution in [-0.4, -0.2) is 30.8 Å². The molecule has 19 heavy (non-hydrogen) atoms. The molecule has 1 aliphatic carbocycles. The minimum absolute atomic E-state index is 0.131. The molecule has 2 aromatic heterocycles. The molecule has 4 N–H and O–H groups in total. The van der Waals surface area contributed by atoms with E-state index in [0.717, 1.165) is 12.8 Å². The summed E-state index contributed by atoms with van der Waals surface area (Å²) in [7, 11) is 0. The van der Waals surface area contributed by atoms with E-state index in [-0.39, 0.29) is 17.4 Å². The molecular formula is C10H12N6O2S.